The molecule has 2 aromatic rings. The fraction of sp³-hybridized carbons (Fsp3) is 0.294. The van der Waals surface area contributed by atoms with Gasteiger partial charge in [0.15, 0.2) is 0 Å². The predicted molar refractivity (Wildman–Crippen MR) is 85.7 cm³/mol. The second-order valence-electron chi connectivity index (χ2n) is 5.26. The highest BCUT2D eigenvalue weighted by Gasteiger charge is 2.20. The lowest BCUT2D eigenvalue weighted by molar-refractivity contribution is 0.176. The highest BCUT2D eigenvalue weighted by Crippen LogP contribution is 2.31. The molecular formula is C17H20ClNO. The van der Waals surface area contributed by atoms with Crippen LogP contribution < -0.4 is 4.90 Å². The summed E-state index contributed by atoms with van der Waals surface area (Å²) in [7, 11) is 4.02. The summed E-state index contributed by atoms with van der Waals surface area (Å²) in [6.45, 7) is 1.81. The smallest absolute Gasteiger partial charge is 0.0621 e. The number of rotatable bonds is 4. The second-order valence-corrected chi connectivity index (χ2v) is 5.70. The summed E-state index contributed by atoms with van der Waals surface area (Å²) >= 11 is 6.07. The zero-order valence-corrected chi connectivity index (χ0v) is 12.8. The Kier molecular flexibility index (Phi) is 4.69. The average Bonchev–Trinajstić information content (AvgIpc) is 2.39. The van der Waals surface area contributed by atoms with Crippen molar-refractivity contribution in [2.24, 2.45) is 0 Å². The van der Waals surface area contributed by atoms with E-state index in [0.717, 1.165) is 16.8 Å². The van der Waals surface area contributed by atoms with E-state index in [0.29, 0.717) is 5.02 Å². The number of aliphatic hydroxyl groups excluding tert-OH is 1. The van der Waals surface area contributed by atoms with Gasteiger partial charge in [0, 0.05) is 30.7 Å². The zero-order valence-electron chi connectivity index (χ0n) is 12.0. The number of benzene rings is 2. The van der Waals surface area contributed by atoms with E-state index in [-0.39, 0.29) is 5.92 Å². The summed E-state index contributed by atoms with van der Waals surface area (Å²) in [5.74, 6) is -0.0754. The number of hydrogen-bond donors (Lipinski definition) is 1. The lowest BCUT2D eigenvalue weighted by Crippen LogP contribution is -2.17. The van der Waals surface area contributed by atoms with Crippen LogP contribution in [-0.2, 0) is 0 Å². The molecule has 0 saturated heterocycles. The maximum atomic E-state index is 10.2. The Morgan fingerprint density at radius 2 is 1.60 bits per heavy atom. The van der Waals surface area contributed by atoms with Crippen molar-refractivity contribution in [3.63, 3.8) is 0 Å². The van der Waals surface area contributed by atoms with E-state index in [1.807, 2.05) is 57.4 Å². The SMILES string of the molecule is CC(O)C(c1cccc(Cl)c1)c1cccc(N(C)C)c1. The van der Waals surface area contributed by atoms with E-state index in [1.54, 1.807) is 0 Å². The quantitative estimate of drug-likeness (QED) is 0.922. The molecule has 0 aliphatic rings. The van der Waals surface area contributed by atoms with Gasteiger partial charge in [-0.15, -0.1) is 0 Å². The van der Waals surface area contributed by atoms with E-state index in [4.69, 9.17) is 11.6 Å². The van der Waals surface area contributed by atoms with Crippen LogP contribution in [0.1, 0.15) is 24.0 Å². The lowest BCUT2D eigenvalue weighted by atomic mass is 9.87. The molecule has 106 valence electrons. The first-order valence-electron chi connectivity index (χ1n) is 6.70. The molecule has 0 fully saturated rings. The summed E-state index contributed by atoms with van der Waals surface area (Å²) in [6, 6.07) is 15.9. The Morgan fingerprint density at radius 3 is 2.15 bits per heavy atom. The van der Waals surface area contributed by atoms with E-state index in [2.05, 4.69) is 17.0 Å². The van der Waals surface area contributed by atoms with Crippen molar-refractivity contribution in [2.45, 2.75) is 18.9 Å². The van der Waals surface area contributed by atoms with Crippen LogP contribution in [-0.4, -0.2) is 25.3 Å². The minimum Gasteiger partial charge on any atom is -0.392 e. The third-order valence-corrected chi connectivity index (χ3v) is 3.67. The first-order valence-corrected chi connectivity index (χ1v) is 7.07. The molecule has 1 N–H and O–H groups in total. The van der Waals surface area contributed by atoms with Crippen molar-refractivity contribution in [3.8, 4) is 0 Å². The standard InChI is InChI=1S/C17H20ClNO/c1-12(20)17(13-6-4-8-15(18)10-13)14-7-5-9-16(11-14)19(2)3/h4-12,17,20H,1-3H3. The molecule has 0 amide bonds. The van der Waals surface area contributed by atoms with Gasteiger partial charge in [0.25, 0.3) is 0 Å². The van der Waals surface area contributed by atoms with Crippen LogP contribution in [0.3, 0.4) is 0 Å². The molecule has 2 unspecified atom stereocenters. The monoisotopic (exact) mass is 289 g/mol. The van der Waals surface area contributed by atoms with E-state index < -0.39 is 6.10 Å². The van der Waals surface area contributed by atoms with Crippen LogP contribution in [0.5, 0.6) is 0 Å². The van der Waals surface area contributed by atoms with Crippen LogP contribution in [0, 0.1) is 0 Å². The van der Waals surface area contributed by atoms with Crippen LogP contribution in [0.15, 0.2) is 48.5 Å². The van der Waals surface area contributed by atoms with Crippen LogP contribution in [0.2, 0.25) is 5.02 Å². The fourth-order valence-electron chi connectivity index (χ4n) is 2.45. The molecule has 2 atom stereocenters. The van der Waals surface area contributed by atoms with Gasteiger partial charge in [-0.05, 0) is 42.3 Å². The summed E-state index contributed by atoms with van der Waals surface area (Å²) in [5, 5.41) is 10.9. The first-order chi connectivity index (χ1) is 9.49. The molecule has 0 aromatic heterocycles. The predicted octanol–water partition coefficient (Wildman–Crippen LogP) is 3.92. The molecule has 0 radical (unpaired) electrons. The zero-order chi connectivity index (χ0) is 14.7. The molecule has 0 aliphatic heterocycles. The molecule has 2 nitrogen and oxygen atoms in total. The third kappa shape index (κ3) is 3.33. The Labute approximate surface area is 125 Å². The van der Waals surface area contributed by atoms with E-state index >= 15 is 0 Å². The van der Waals surface area contributed by atoms with Crippen LogP contribution in [0.25, 0.3) is 0 Å². The Morgan fingerprint density at radius 1 is 1.00 bits per heavy atom. The fourth-order valence-corrected chi connectivity index (χ4v) is 2.64. The molecule has 0 spiro atoms. The summed E-state index contributed by atoms with van der Waals surface area (Å²) < 4.78 is 0. The molecule has 0 saturated carbocycles. The van der Waals surface area contributed by atoms with Crippen molar-refractivity contribution < 1.29 is 5.11 Å². The minimum atomic E-state index is -0.481. The van der Waals surface area contributed by atoms with Crippen LogP contribution >= 0.6 is 11.6 Å². The minimum absolute atomic E-state index is 0.0754. The van der Waals surface area contributed by atoms with E-state index in [1.165, 1.54) is 0 Å². The molecule has 2 aromatic carbocycles. The van der Waals surface area contributed by atoms with Crippen LogP contribution in [0.4, 0.5) is 5.69 Å². The number of anilines is 1. The largest absolute Gasteiger partial charge is 0.392 e. The summed E-state index contributed by atoms with van der Waals surface area (Å²) in [4.78, 5) is 2.06. The highest BCUT2D eigenvalue weighted by atomic mass is 35.5. The van der Waals surface area contributed by atoms with Crippen molar-refractivity contribution in [2.75, 3.05) is 19.0 Å². The van der Waals surface area contributed by atoms with Gasteiger partial charge in [-0.2, -0.15) is 0 Å². The first kappa shape index (κ1) is 14.9. The maximum absolute atomic E-state index is 10.2. The van der Waals surface area contributed by atoms with Gasteiger partial charge in [-0.1, -0.05) is 35.9 Å². The van der Waals surface area contributed by atoms with Crippen molar-refractivity contribution in [3.05, 3.63) is 64.7 Å². The van der Waals surface area contributed by atoms with Crippen molar-refractivity contribution >= 4 is 17.3 Å². The van der Waals surface area contributed by atoms with Gasteiger partial charge in [-0.3, -0.25) is 0 Å². The molecule has 0 heterocycles. The molecule has 3 heteroatoms. The van der Waals surface area contributed by atoms with Gasteiger partial charge in [-0.25, -0.2) is 0 Å². The number of halogens is 1. The topological polar surface area (TPSA) is 23.5 Å². The average molecular weight is 290 g/mol. The Bertz CT molecular complexity index is 581. The van der Waals surface area contributed by atoms with Crippen molar-refractivity contribution in [1.82, 2.24) is 0 Å². The summed E-state index contributed by atoms with van der Waals surface area (Å²) in [6.07, 6.45) is -0.481. The van der Waals surface area contributed by atoms with Gasteiger partial charge in [0.2, 0.25) is 0 Å². The maximum Gasteiger partial charge on any atom is 0.0621 e. The summed E-state index contributed by atoms with van der Waals surface area (Å²) in [5.41, 5.74) is 3.24. The molecular weight excluding hydrogens is 270 g/mol. The van der Waals surface area contributed by atoms with Gasteiger partial charge < -0.3 is 10.0 Å². The van der Waals surface area contributed by atoms with Crippen molar-refractivity contribution in [1.29, 1.82) is 0 Å². The highest BCUT2D eigenvalue weighted by molar-refractivity contribution is 6.30. The van der Waals surface area contributed by atoms with Gasteiger partial charge >= 0.3 is 0 Å². The lowest BCUT2D eigenvalue weighted by Gasteiger charge is -2.23. The number of aliphatic hydroxyl groups is 1. The molecule has 0 aliphatic carbocycles. The second kappa shape index (κ2) is 6.29. The normalized spacial score (nSPS) is 13.8. The third-order valence-electron chi connectivity index (χ3n) is 3.44. The Hall–Kier alpha value is -1.51. The van der Waals surface area contributed by atoms with E-state index in [9.17, 15) is 5.11 Å². The number of nitrogens with zero attached hydrogens (tertiary/aromatic N) is 1. The Balaban J connectivity index is 2.46. The van der Waals surface area contributed by atoms with Gasteiger partial charge in [0.05, 0.1) is 6.10 Å². The number of hydrogen-bond acceptors (Lipinski definition) is 2. The molecule has 0 bridgehead atoms. The molecule has 20 heavy (non-hydrogen) atoms. The van der Waals surface area contributed by atoms with Gasteiger partial charge in [0.1, 0.15) is 0 Å². The molecule has 2 rings (SSSR count).